The molecule has 0 fully saturated rings. The molecule has 2 amide bonds. The van der Waals surface area contributed by atoms with Crippen LogP contribution in [0.5, 0.6) is 0 Å². The molecule has 0 unspecified atom stereocenters. The highest BCUT2D eigenvalue weighted by Gasteiger charge is 2.09. The Labute approximate surface area is 105 Å². The van der Waals surface area contributed by atoms with Crippen LogP contribution in [-0.4, -0.2) is 12.2 Å². The lowest BCUT2D eigenvalue weighted by molar-refractivity contribution is 0.254. The van der Waals surface area contributed by atoms with Gasteiger partial charge in [-0.05, 0) is 17.7 Å². The number of hydrogen-bond acceptors (Lipinski definition) is 2. The van der Waals surface area contributed by atoms with Gasteiger partial charge in [0.05, 0.1) is 11.9 Å². The molecule has 4 nitrogen and oxygen atoms in total. The van der Waals surface area contributed by atoms with Gasteiger partial charge in [-0.15, -0.1) is 0 Å². The fourth-order valence-corrected chi connectivity index (χ4v) is 1.48. The molecular weight excluding hydrogens is 226 g/mol. The topological polar surface area (TPSA) is 58.7 Å². The molecule has 0 heterocycles. The molecule has 18 heavy (non-hydrogen) atoms. The van der Waals surface area contributed by atoms with Crippen molar-refractivity contribution in [1.29, 1.82) is 0 Å². The molecule has 0 bridgehead atoms. The summed E-state index contributed by atoms with van der Waals surface area (Å²) in [7, 11) is 0. The van der Waals surface area contributed by atoms with Gasteiger partial charge in [-0.25, -0.2) is 4.79 Å². The molecule has 0 atom stereocenters. The van der Waals surface area contributed by atoms with Crippen LogP contribution in [0.3, 0.4) is 0 Å². The van der Waals surface area contributed by atoms with Crippen LogP contribution in [0, 0.1) is 0 Å². The van der Waals surface area contributed by atoms with E-state index in [-0.39, 0.29) is 0 Å². The molecule has 0 aromatic heterocycles. The van der Waals surface area contributed by atoms with Crippen LogP contribution in [0.2, 0.25) is 0 Å². The summed E-state index contributed by atoms with van der Waals surface area (Å²) in [5.41, 5.74) is 6.84. The summed E-state index contributed by atoms with van der Waals surface area (Å²) in [6.45, 7) is 0. The molecule has 0 aliphatic carbocycles. The maximum atomic E-state index is 11.4. The first-order chi connectivity index (χ1) is 8.77. The van der Waals surface area contributed by atoms with Crippen LogP contribution < -0.4 is 10.7 Å². The lowest BCUT2D eigenvalue weighted by Gasteiger charge is -2.13. The van der Waals surface area contributed by atoms with Crippen molar-refractivity contribution in [2.24, 2.45) is 10.8 Å². The SMILES string of the molecule is NC(=O)N(N=Cc1ccccc1)c1ccccc1. The molecule has 0 saturated heterocycles. The normalized spacial score (nSPS) is 10.4. The molecule has 2 N–H and O–H groups in total. The van der Waals surface area contributed by atoms with Crippen molar-refractivity contribution in [2.45, 2.75) is 0 Å². The average Bonchev–Trinajstić information content (AvgIpc) is 2.41. The van der Waals surface area contributed by atoms with Crippen molar-refractivity contribution in [1.82, 2.24) is 0 Å². The van der Waals surface area contributed by atoms with E-state index in [4.69, 9.17) is 5.73 Å². The number of para-hydroxylation sites is 1. The van der Waals surface area contributed by atoms with Gasteiger partial charge in [0, 0.05) is 0 Å². The van der Waals surface area contributed by atoms with Crippen LogP contribution in [0.15, 0.2) is 65.8 Å². The van der Waals surface area contributed by atoms with Crippen molar-refractivity contribution >= 4 is 17.9 Å². The first-order valence-electron chi connectivity index (χ1n) is 5.51. The van der Waals surface area contributed by atoms with Gasteiger partial charge >= 0.3 is 6.03 Å². The highest BCUT2D eigenvalue weighted by Crippen LogP contribution is 2.13. The van der Waals surface area contributed by atoms with Gasteiger partial charge < -0.3 is 5.73 Å². The maximum Gasteiger partial charge on any atom is 0.340 e. The number of anilines is 1. The Morgan fingerprint density at radius 2 is 1.56 bits per heavy atom. The molecule has 0 aliphatic rings. The van der Waals surface area contributed by atoms with Crippen molar-refractivity contribution in [3.05, 3.63) is 66.2 Å². The highest BCUT2D eigenvalue weighted by molar-refractivity contribution is 5.92. The smallest absolute Gasteiger partial charge is 0.340 e. The van der Waals surface area contributed by atoms with Gasteiger partial charge in [0.25, 0.3) is 0 Å². The van der Waals surface area contributed by atoms with Crippen molar-refractivity contribution in [2.75, 3.05) is 5.01 Å². The average molecular weight is 239 g/mol. The number of rotatable bonds is 3. The van der Waals surface area contributed by atoms with Gasteiger partial charge in [0.2, 0.25) is 0 Å². The number of nitrogens with zero attached hydrogens (tertiary/aromatic N) is 2. The summed E-state index contributed by atoms with van der Waals surface area (Å²) in [5.74, 6) is 0. The summed E-state index contributed by atoms with van der Waals surface area (Å²) in [6, 6.07) is 17.9. The number of amides is 2. The fourth-order valence-electron chi connectivity index (χ4n) is 1.48. The third-order valence-electron chi connectivity index (χ3n) is 2.33. The van der Waals surface area contributed by atoms with E-state index in [0.717, 1.165) is 10.6 Å². The number of hydrazone groups is 1. The molecule has 2 aromatic rings. The number of carbonyl (C=O) groups is 1. The highest BCUT2D eigenvalue weighted by atomic mass is 16.2. The van der Waals surface area contributed by atoms with E-state index >= 15 is 0 Å². The minimum absolute atomic E-state index is 0.617. The van der Waals surface area contributed by atoms with E-state index in [1.807, 2.05) is 48.5 Å². The molecule has 4 heteroatoms. The molecule has 0 radical (unpaired) electrons. The Morgan fingerprint density at radius 1 is 1.00 bits per heavy atom. The molecular formula is C14H13N3O. The monoisotopic (exact) mass is 239 g/mol. The van der Waals surface area contributed by atoms with E-state index < -0.39 is 6.03 Å². The van der Waals surface area contributed by atoms with Crippen LogP contribution in [0.4, 0.5) is 10.5 Å². The molecule has 0 aliphatic heterocycles. The number of urea groups is 1. The van der Waals surface area contributed by atoms with E-state index in [0.29, 0.717) is 5.69 Å². The Balaban J connectivity index is 2.23. The van der Waals surface area contributed by atoms with Crippen LogP contribution >= 0.6 is 0 Å². The zero-order chi connectivity index (χ0) is 12.8. The van der Waals surface area contributed by atoms with E-state index in [2.05, 4.69) is 5.10 Å². The third kappa shape index (κ3) is 2.95. The van der Waals surface area contributed by atoms with E-state index in [9.17, 15) is 4.79 Å². The lowest BCUT2D eigenvalue weighted by Crippen LogP contribution is -2.31. The van der Waals surface area contributed by atoms with Crippen molar-refractivity contribution in [3.63, 3.8) is 0 Å². The van der Waals surface area contributed by atoms with Gasteiger partial charge in [0.15, 0.2) is 0 Å². The third-order valence-corrected chi connectivity index (χ3v) is 2.33. The van der Waals surface area contributed by atoms with Gasteiger partial charge in [-0.1, -0.05) is 48.5 Å². The molecule has 2 aromatic carbocycles. The Morgan fingerprint density at radius 3 is 2.11 bits per heavy atom. The molecule has 2 rings (SSSR count). The quantitative estimate of drug-likeness (QED) is 0.649. The summed E-state index contributed by atoms with van der Waals surface area (Å²) in [4.78, 5) is 11.4. The summed E-state index contributed by atoms with van der Waals surface area (Å²) < 4.78 is 0. The standard InChI is InChI=1S/C14H13N3O/c15-14(18)17(13-9-5-2-6-10-13)16-11-12-7-3-1-4-8-12/h1-11H,(H2,15,18). The largest absolute Gasteiger partial charge is 0.350 e. The predicted octanol–water partition coefficient (Wildman–Crippen LogP) is 2.61. The minimum atomic E-state index is -0.617. The molecule has 0 saturated carbocycles. The van der Waals surface area contributed by atoms with Gasteiger partial charge in [-0.2, -0.15) is 10.1 Å². The van der Waals surface area contributed by atoms with E-state index in [1.165, 1.54) is 0 Å². The zero-order valence-electron chi connectivity index (χ0n) is 9.73. The number of nitrogens with two attached hydrogens (primary N) is 1. The molecule has 90 valence electrons. The summed E-state index contributed by atoms with van der Waals surface area (Å²) in [6.07, 6.45) is 1.60. The summed E-state index contributed by atoms with van der Waals surface area (Å²) in [5, 5.41) is 5.26. The Bertz CT molecular complexity index is 537. The number of primary amides is 1. The number of hydrogen-bond donors (Lipinski definition) is 1. The second-order valence-electron chi connectivity index (χ2n) is 3.64. The fraction of sp³-hybridized carbons (Fsp3) is 0. The first-order valence-corrected chi connectivity index (χ1v) is 5.51. The second kappa shape index (κ2) is 5.63. The van der Waals surface area contributed by atoms with Gasteiger partial charge in [-0.3, -0.25) is 0 Å². The second-order valence-corrected chi connectivity index (χ2v) is 3.64. The Kier molecular flexibility index (Phi) is 3.71. The minimum Gasteiger partial charge on any atom is -0.350 e. The van der Waals surface area contributed by atoms with Crippen LogP contribution in [-0.2, 0) is 0 Å². The predicted molar refractivity (Wildman–Crippen MR) is 72.5 cm³/mol. The van der Waals surface area contributed by atoms with Crippen LogP contribution in [0.25, 0.3) is 0 Å². The number of carbonyl (C=O) groups excluding carboxylic acids is 1. The molecule has 0 spiro atoms. The Hall–Kier alpha value is -2.62. The summed E-state index contributed by atoms with van der Waals surface area (Å²) >= 11 is 0. The lowest BCUT2D eigenvalue weighted by atomic mass is 10.2. The maximum absolute atomic E-state index is 11.4. The van der Waals surface area contributed by atoms with Gasteiger partial charge in [0.1, 0.15) is 0 Å². The zero-order valence-corrected chi connectivity index (χ0v) is 9.73. The van der Waals surface area contributed by atoms with Crippen LogP contribution in [0.1, 0.15) is 5.56 Å². The first kappa shape index (κ1) is 11.9. The van der Waals surface area contributed by atoms with Crippen molar-refractivity contribution < 1.29 is 4.79 Å². The van der Waals surface area contributed by atoms with Crippen molar-refractivity contribution in [3.8, 4) is 0 Å². The number of benzene rings is 2. The van der Waals surface area contributed by atoms with E-state index in [1.54, 1.807) is 18.3 Å².